The minimum absolute atomic E-state index is 0.00719. The van der Waals surface area contributed by atoms with E-state index in [2.05, 4.69) is 4.90 Å². The summed E-state index contributed by atoms with van der Waals surface area (Å²) < 4.78 is 32.9. The second kappa shape index (κ2) is 7.64. The number of rotatable bonds is 5. The van der Waals surface area contributed by atoms with Gasteiger partial charge in [0.15, 0.2) is 0 Å². The first-order chi connectivity index (χ1) is 12.7. The van der Waals surface area contributed by atoms with E-state index in [1.807, 2.05) is 0 Å². The average Bonchev–Trinajstić information content (AvgIpc) is 2.63. The Balaban J connectivity index is 1.67. The van der Waals surface area contributed by atoms with Crippen LogP contribution in [0.4, 0.5) is 14.5 Å². The maximum Gasteiger partial charge on any atom is 0.303 e. The summed E-state index contributed by atoms with van der Waals surface area (Å²) in [6, 6.07) is 4.61. The number of piperidine rings is 1. The van der Waals surface area contributed by atoms with Crippen molar-refractivity contribution in [3.8, 4) is 5.75 Å². The predicted molar refractivity (Wildman–Crippen MR) is 101 cm³/mol. The molecule has 0 atom stereocenters. The first-order valence-electron chi connectivity index (χ1n) is 9.75. The number of carboxylic acids is 1. The molecular formula is C21H29F2NO3. The van der Waals surface area contributed by atoms with Crippen LogP contribution in [0, 0.1) is 11.3 Å². The highest BCUT2D eigenvalue weighted by molar-refractivity contribution is 5.67. The van der Waals surface area contributed by atoms with Crippen LogP contribution in [0.15, 0.2) is 18.2 Å². The number of nitrogens with zero attached hydrogens (tertiary/aromatic N) is 1. The zero-order chi connectivity index (χ0) is 19.7. The Bertz CT molecular complexity index is 668. The van der Waals surface area contributed by atoms with Crippen LogP contribution in [-0.2, 0) is 10.7 Å². The molecular weight excluding hydrogens is 352 g/mol. The zero-order valence-corrected chi connectivity index (χ0v) is 16.1. The molecule has 1 aromatic rings. The number of halogens is 2. The Kier molecular flexibility index (Phi) is 5.63. The number of methoxy groups -OCH3 is 1. The molecule has 1 saturated carbocycles. The van der Waals surface area contributed by atoms with E-state index in [-0.39, 0.29) is 17.4 Å². The fourth-order valence-electron chi connectivity index (χ4n) is 4.67. The average molecular weight is 381 g/mol. The van der Waals surface area contributed by atoms with Crippen molar-refractivity contribution in [3.05, 3.63) is 23.8 Å². The van der Waals surface area contributed by atoms with Crippen LogP contribution in [0.5, 0.6) is 5.75 Å². The van der Waals surface area contributed by atoms with Crippen LogP contribution in [0.2, 0.25) is 0 Å². The Morgan fingerprint density at radius 1 is 1.26 bits per heavy atom. The van der Waals surface area contributed by atoms with Gasteiger partial charge in [-0.1, -0.05) is 0 Å². The number of hydrogen-bond donors (Lipinski definition) is 1. The molecule has 3 rings (SSSR count). The molecule has 6 heteroatoms. The Hall–Kier alpha value is -1.85. The quantitative estimate of drug-likeness (QED) is 0.775. The Labute approximate surface area is 159 Å². The van der Waals surface area contributed by atoms with Crippen molar-refractivity contribution < 1.29 is 23.4 Å². The van der Waals surface area contributed by atoms with Gasteiger partial charge in [0.2, 0.25) is 0 Å². The number of carboxylic acid groups (broad SMARTS) is 1. The lowest BCUT2D eigenvalue weighted by atomic mass is 9.65. The molecule has 1 aliphatic heterocycles. The molecule has 27 heavy (non-hydrogen) atoms. The summed E-state index contributed by atoms with van der Waals surface area (Å²) in [6.07, 6.45) is 6.41. The highest BCUT2D eigenvalue weighted by Crippen LogP contribution is 2.48. The fourth-order valence-corrected chi connectivity index (χ4v) is 4.67. The molecule has 0 radical (unpaired) electrons. The summed E-state index contributed by atoms with van der Waals surface area (Å²) in [4.78, 5) is 13.1. The minimum atomic E-state index is -2.87. The van der Waals surface area contributed by atoms with Crippen molar-refractivity contribution in [2.75, 3.05) is 25.1 Å². The smallest absolute Gasteiger partial charge is 0.303 e. The summed E-state index contributed by atoms with van der Waals surface area (Å²) in [5.41, 5.74) is 1.03. The highest BCUT2D eigenvalue weighted by atomic mass is 19.3. The molecule has 1 aromatic carbocycles. The number of carbonyl (C=O) groups is 1. The van der Waals surface area contributed by atoms with Crippen molar-refractivity contribution in [3.63, 3.8) is 0 Å². The first-order valence-corrected chi connectivity index (χ1v) is 9.75. The van der Waals surface area contributed by atoms with E-state index in [1.54, 1.807) is 19.2 Å². The van der Waals surface area contributed by atoms with Crippen LogP contribution in [0.1, 0.15) is 57.4 Å². The molecule has 2 fully saturated rings. The van der Waals surface area contributed by atoms with Crippen molar-refractivity contribution >= 4 is 11.7 Å². The first kappa shape index (κ1) is 19.9. The number of hydrogen-bond acceptors (Lipinski definition) is 3. The molecule has 1 saturated heterocycles. The third kappa shape index (κ3) is 4.53. The topological polar surface area (TPSA) is 49.8 Å². The summed E-state index contributed by atoms with van der Waals surface area (Å²) in [5.74, 6) is -2.65. The molecule has 150 valence electrons. The number of benzene rings is 1. The van der Waals surface area contributed by atoms with Crippen LogP contribution in [0.25, 0.3) is 0 Å². The standard InChI is InChI=1S/C21H29F2NO3/c1-20(22,23)16-3-4-18(27-2)17(14-16)24-11-9-21(10-12-24)7-5-15(6-8-21)13-19(25)26/h3-4,14-15H,5-13H2,1-2H3,(H,25,26). The van der Waals surface area contributed by atoms with Crippen molar-refractivity contribution in [1.82, 2.24) is 0 Å². The molecule has 0 unspecified atom stereocenters. The molecule has 2 aliphatic rings. The second-order valence-corrected chi connectivity index (χ2v) is 8.30. The number of anilines is 1. The molecule has 1 N–H and O–H groups in total. The van der Waals surface area contributed by atoms with E-state index in [4.69, 9.17) is 9.84 Å². The van der Waals surface area contributed by atoms with E-state index in [0.717, 1.165) is 64.2 Å². The minimum Gasteiger partial charge on any atom is -0.495 e. The maximum atomic E-state index is 13.7. The number of alkyl halides is 2. The van der Waals surface area contributed by atoms with Crippen molar-refractivity contribution in [2.45, 2.75) is 57.8 Å². The fraction of sp³-hybridized carbons (Fsp3) is 0.667. The van der Waals surface area contributed by atoms with Gasteiger partial charge in [0.1, 0.15) is 5.75 Å². The summed E-state index contributed by atoms with van der Waals surface area (Å²) in [6.45, 7) is 2.55. The van der Waals surface area contributed by atoms with Gasteiger partial charge in [0.25, 0.3) is 5.92 Å². The summed E-state index contributed by atoms with van der Waals surface area (Å²) in [7, 11) is 1.57. The lowest BCUT2D eigenvalue weighted by molar-refractivity contribution is -0.138. The molecule has 0 bridgehead atoms. The third-order valence-electron chi connectivity index (χ3n) is 6.48. The van der Waals surface area contributed by atoms with Gasteiger partial charge in [-0.15, -0.1) is 0 Å². The van der Waals surface area contributed by atoms with Crippen molar-refractivity contribution in [1.29, 1.82) is 0 Å². The number of aliphatic carboxylic acids is 1. The number of ether oxygens (including phenoxy) is 1. The highest BCUT2D eigenvalue weighted by Gasteiger charge is 2.39. The van der Waals surface area contributed by atoms with Gasteiger partial charge in [0, 0.05) is 32.0 Å². The van der Waals surface area contributed by atoms with E-state index in [1.165, 1.54) is 6.07 Å². The molecule has 1 heterocycles. The van der Waals surface area contributed by atoms with Gasteiger partial charge in [0.05, 0.1) is 12.8 Å². The Morgan fingerprint density at radius 3 is 2.41 bits per heavy atom. The summed E-state index contributed by atoms with van der Waals surface area (Å²) in [5, 5.41) is 8.99. The van der Waals surface area contributed by atoms with Gasteiger partial charge in [-0.25, -0.2) is 8.78 Å². The molecule has 0 amide bonds. The van der Waals surface area contributed by atoms with E-state index >= 15 is 0 Å². The zero-order valence-electron chi connectivity index (χ0n) is 16.1. The van der Waals surface area contributed by atoms with Gasteiger partial charge >= 0.3 is 5.97 Å². The maximum absolute atomic E-state index is 13.7. The van der Waals surface area contributed by atoms with E-state index in [0.29, 0.717) is 11.7 Å². The van der Waals surface area contributed by atoms with Gasteiger partial charge in [-0.05, 0) is 68.1 Å². The lowest BCUT2D eigenvalue weighted by Crippen LogP contribution is -2.42. The van der Waals surface area contributed by atoms with Crippen LogP contribution in [-0.4, -0.2) is 31.3 Å². The van der Waals surface area contributed by atoms with Crippen LogP contribution >= 0.6 is 0 Å². The second-order valence-electron chi connectivity index (χ2n) is 8.30. The predicted octanol–water partition coefficient (Wildman–Crippen LogP) is 5.06. The largest absolute Gasteiger partial charge is 0.495 e. The monoisotopic (exact) mass is 381 g/mol. The van der Waals surface area contributed by atoms with E-state index in [9.17, 15) is 13.6 Å². The summed E-state index contributed by atoms with van der Waals surface area (Å²) >= 11 is 0. The van der Waals surface area contributed by atoms with Crippen LogP contribution < -0.4 is 9.64 Å². The molecule has 4 nitrogen and oxygen atoms in total. The Morgan fingerprint density at radius 2 is 1.89 bits per heavy atom. The van der Waals surface area contributed by atoms with Crippen LogP contribution in [0.3, 0.4) is 0 Å². The van der Waals surface area contributed by atoms with Crippen molar-refractivity contribution in [2.24, 2.45) is 11.3 Å². The normalized spacial score (nSPS) is 20.7. The third-order valence-corrected chi connectivity index (χ3v) is 6.48. The van der Waals surface area contributed by atoms with E-state index < -0.39 is 11.9 Å². The molecule has 1 spiro atoms. The molecule has 0 aromatic heterocycles. The van der Waals surface area contributed by atoms with Gasteiger partial charge < -0.3 is 14.7 Å². The SMILES string of the molecule is COc1ccc(C(C)(F)F)cc1N1CCC2(CCC(CC(=O)O)CC2)CC1. The lowest BCUT2D eigenvalue weighted by Gasteiger charge is -2.46. The van der Waals surface area contributed by atoms with Gasteiger partial charge in [-0.2, -0.15) is 0 Å². The molecule has 1 aliphatic carbocycles. The van der Waals surface area contributed by atoms with Gasteiger partial charge in [-0.3, -0.25) is 4.79 Å².